The van der Waals surface area contributed by atoms with Gasteiger partial charge in [-0.05, 0) is 12.8 Å². The van der Waals surface area contributed by atoms with Crippen LogP contribution in [0.25, 0.3) is 0 Å². The highest BCUT2D eigenvalue weighted by Crippen LogP contribution is 2.07. The van der Waals surface area contributed by atoms with Crippen molar-refractivity contribution in [2.24, 2.45) is 0 Å². The third-order valence-corrected chi connectivity index (χ3v) is 4.80. The molecule has 1 aliphatic rings. The molecule has 104 valence electrons. The van der Waals surface area contributed by atoms with E-state index in [4.69, 9.17) is 0 Å². The highest BCUT2D eigenvalue weighted by atomic mass is 32.2. The lowest BCUT2D eigenvalue weighted by Crippen LogP contribution is -2.57. The number of carbonyl (C=O) groups excluding carboxylic acids is 2. The van der Waals surface area contributed by atoms with Crippen molar-refractivity contribution in [1.29, 1.82) is 0 Å². The molecule has 1 aliphatic heterocycles. The summed E-state index contributed by atoms with van der Waals surface area (Å²) in [5.41, 5.74) is 0. The van der Waals surface area contributed by atoms with Gasteiger partial charge in [-0.2, -0.15) is 0 Å². The molecule has 0 bridgehead atoms. The highest BCUT2D eigenvalue weighted by molar-refractivity contribution is 7.91. The van der Waals surface area contributed by atoms with Crippen LogP contribution in [0.3, 0.4) is 0 Å². The average Bonchev–Trinajstić information content (AvgIpc) is 2.33. The Morgan fingerprint density at radius 1 is 1.33 bits per heavy atom. The number of nitrogens with one attached hydrogen (secondary N) is 1. The van der Waals surface area contributed by atoms with Gasteiger partial charge in [-0.15, -0.1) is 0 Å². The van der Waals surface area contributed by atoms with E-state index < -0.39 is 15.9 Å². The molecule has 1 N–H and O–H groups in total. The second kappa shape index (κ2) is 6.17. The molecule has 1 fully saturated rings. The van der Waals surface area contributed by atoms with Gasteiger partial charge in [-0.3, -0.25) is 9.59 Å². The Hall–Kier alpha value is -1.11. The van der Waals surface area contributed by atoms with Gasteiger partial charge in [0.1, 0.15) is 15.9 Å². The standard InChI is InChI=1S/C11H20N2O4S/c1-3-9-11(15)13(8-10(14)12-9)6-5-7-18(16,17)4-2/h9H,3-8H2,1-2H3,(H,12,14). The molecule has 0 spiro atoms. The predicted octanol–water partition coefficient (Wildman–Crippen LogP) is -0.452. The summed E-state index contributed by atoms with van der Waals surface area (Å²) in [5.74, 6) is -0.129. The van der Waals surface area contributed by atoms with Gasteiger partial charge in [0.25, 0.3) is 0 Å². The second-order valence-electron chi connectivity index (χ2n) is 4.38. The Labute approximate surface area is 108 Å². The maximum atomic E-state index is 11.9. The van der Waals surface area contributed by atoms with Crippen LogP contribution in [0, 0.1) is 0 Å². The zero-order valence-electron chi connectivity index (χ0n) is 10.8. The normalized spacial score (nSPS) is 21.0. The minimum absolute atomic E-state index is 0.0293. The van der Waals surface area contributed by atoms with Crippen molar-refractivity contribution in [3.8, 4) is 0 Å². The van der Waals surface area contributed by atoms with Crippen LogP contribution in [0.5, 0.6) is 0 Å². The van der Waals surface area contributed by atoms with E-state index in [1.165, 1.54) is 4.90 Å². The SMILES string of the molecule is CCC1NC(=O)CN(CCCS(=O)(=O)CC)C1=O. The number of carbonyl (C=O) groups is 2. The van der Waals surface area contributed by atoms with E-state index in [-0.39, 0.29) is 29.9 Å². The summed E-state index contributed by atoms with van der Waals surface area (Å²) in [7, 11) is -3.01. The number of hydrogen-bond donors (Lipinski definition) is 1. The third kappa shape index (κ3) is 3.97. The van der Waals surface area contributed by atoms with Crippen molar-refractivity contribution in [3.05, 3.63) is 0 Å². The molecule has 0 saturated carbocycles. The minimum Gasteiger partial charge on any atom is -0.343 e. The van der Waals surface area contributed by atoms with Gasteiger partial charge in [0.15, 0.2) is 0 Å². The van der Waals surface area contributed by atoms with E-state index in [0.29, 0.717) is 19.4 Å². The Kier molecular flexibility index (Phi) is 5.13. The van der Waals surface area contributed by atoms with Crippen LogP contribution >= 0.6 is 0 Å². The summed E-state index contributed by atoms with van der Waals surface area (Å²) >= 11 is 0. The molecule has 2 amide bonds. The number of amides is 2. The van der Waals surface area contributed by atoms with Gasteiger partial charge < -0.3 is 10.2 Å². The van der Waals surface area contributed by atoms with Crippen molar-refractivity contribution in [2.75, 3.05) is 24.6 Å². The number of sulfone groups is 1. The van der Waals surface area contributed by atoms with Crippen LogP contribution in [-0.4, -0.2) is 55.8 Å². The molecule has 0 radical (unpaired) electrons. The lowest BCUT2D eigenvalue weighted by atomic mass is 10.1. The molecule has 0 aromatic rings. The Morgan fingerprint density at radius 2 is 2.00 bits per heavy atom. The van der Waals surface area contributed by atoms with Crippen molar-refractivity contribution in [3.63, 3.8) is 0 Å². The van der Waals surface area contributed by atoms with Gasteiger partial charge >= 0.3 is 0 Å². The predicted molar refractivity (Wildman–Crippen MR) is 67.7 cm³/mol. The van der Waals surface area contributed by atoms with Crippen LogP contribution < -0.4 is 5.32 Å². The molecular weight excluding hydrogens is 256 g/mol. The molecule has 1 heterocycles. The van der Waals surface area contributed by atoms with Crippen molar-refractivity contribution in [2.45, 2.75) is 32.7 Å². The zero-order valence-corrected chi connectivity index (χ0v) is 11.6. The molecule has 0 aliphatic carbocycles. The van der Waals surface area contributed by atoms with Crippen molar-refractivity contribution >= 4 is 21.7 Å². The molecule has 1 unspecified atom stereocenters. The third-order valence-electron chi connectivity index (χ3n) is 3.01. The lowest BCUT2D eigenvalue weighted by molar-refractivity contribution is -0.144. The first-order valence-corrected chi connectivity index (χ1v) is 8.00. The van der Waals surface area contributed by atoms with Gasteiger partial charge in [-0.1, -0.05) is 13.8 Å². The second-order valence-corrected chi connectivity index (χ2v) is 6.85. The number of nitrogens with zero attached hydrogens (tertiary/aromatic N) is 1. The van der Waals surface area contributed by atoms with E-state index >= 15 is 0 Å². The maximum absolute atomic E-state index is 11.9. The summed E-state index contributed by atoms with van der Waals surface area (Å²) < 4.78 is 22.6. The topological polar surface area (TPSA) is 83.6 Å². The Balaban J connectivity index is 2.51. The van der Waals surface area contributed by atoms with E-state index in [0.717, 1.165) is 0 Å². The largest absolute Gasteiger partial charge is 0.343 e. The van der Waals surface area contributed by atoms with Crippen LogP contribution in [0.2, 0.25) is 0 Å². The van der Waals surface area contributed by atoms with Gasteiger partial charge in [0.05, 0.1) is 12.3 Å². The lowest BCUT2D eigenvalue weighted by Gasteiger charge is -2.32. The average molecular weight is 276 g/mol. The van der Waals surface area contributed by atoms with Crippen LogP contribution in [0.4, 0.5) is 0 Å². The van der Waals surface area contributed by atoms with E-state index in [1.54, 1.807) is 6.92 Å². The van der Waals surface area contributed by atoms with Crippen LogP contribution in [-0.2, 0) is 19.4 Å². The summed E-state index contributed by atoms with van der Waals surface area (Å²) in [6.45, 7) is 3.78. The van der Waals surface area contributed by atoms with Gasteiger partial charge in [0.2, 0.25) is 11.8 Å². The van der Waals surface area contributed by atoms with Crippen molar-refractivity contribution in [1.82, 2.24) is 10.2 Å². The summed E-state index contributed by atoms with van der Waals surface area (Å²) in [4.78, 5) is 24.7. The van der Waals surface area contributed by atoms with Crippen LogP contribution in [0.1, 0.15) is 26.7 Å². The molecule has 0 aromatic heterocycles. The molecule has 6 nitrogen and oxygen atoms in total. The van der Waals surface area contributed by atoms with Crippen LogP contribution in [0.15, 0.2) is 0 Å². The first kappa shape index (κ1) is 14.9. The molecule has 18 heavy (non-hydrogen) atoms. The summed E-state index contributed by atoms with van der Waals surface area (Å²) in [5, 5.41) is 2.62. The van der Waals surface area contributed by atoms with E-state index in [9.17, 15) is 18.0 Å². The fraction of sp³-hybridized carbons (Fsp3) is 0.818. The Bertz CT molecular complexity index is 419. The quantitative estimate of drug-likeness (QED) is 0.712. The van der Waals surface area contributed by atoms with E-state index in [1.807, 2.05) is 6.92 Å². The molecule has 1 rings (SSSR count). The molecule has 0 aromatic carbocycles. The first-order chi connectivity index (χ1) is 8.39. The smallest absolute Gasteiger partial charge is 0.245 e. The summed E-state index contributed by atoms with van der Waals surface area (Å²) in [6, 6.07) is -0.464. The Morgan fingerprint density at radius 3 is 2.56 bits per heavy atom. The first-order valence-electron chi connectivity index (χ1n) is 6.18. The van der Waals surface area contributed by atoms with Gasteiger partial charge in [-0.25, -0.2) is 8.42 Å². The van der Waals surface area contributed by atoms with Crippen molar-refractivity contribution < 1.29 is 18.0 Å². The monoisotopic (exact) mass is 276 g/mol. The van der Waals surface area contributed by atoms with E-state index in [2.05, 4.69) is 5.32 Å². The summed E-state index contributed by atoms with van der Waals surface area (Å²) in [6.07, 6.45) is 0.931. The molecule has 1 saturated heterocycles. The minimum atomic E-state index is -3.01. The number of hydrogen-bond acceptors (Lipinski definition) is 4. The number of rotatable bonds is 6. The molecule has 7 heteroatoms. The fourth-order valence-electron chi connectivity index (χ4n) is 1.86. The molecule has 1 atom stereocenters. The van der Waals surface area contributed by atoms with Gasteiger partial charge in [0, 0.05) is 12.3 Å². The maximum Gasteiger partial charge on any atom is 0.245 e. The number of piperazine rings is 1. The molecular formula is C11H20N2O4S. The zero-order chi connectivity index (χ0) is 13.8. The fourth-order valence-corrected chi connectivity index (χ4v) is 2.72. The highest BCUT2D eigenvalue weighted by Gasteiger charge is 2.30.